The number of anilines is 1. The molecule has 1 saturated carbocycles. The monoisotopic (exact) mass is 293 g/mol. The second-order valence-corrected chi connectivity index (χ2v) is 7.43. The molecule has 0 amide bonds. The SMILES string of the molecule is CCC(C)(C)C1CCC(Nc2ccc(Cl)cc2C)CC1. The van der Waals surface area contributed by atoms with E-state index in [4.69, 9.17) is 11.6 Å². The summed E-state index contributed by atoms with van der Waals surface area (Å²) in [6.45, 7) is 9.30. The van der Waals surface area contributed by atoms with E-state index in [9.17, 15) is 0 Å². The highest BCUT2D eigenvalue weighted by Crippen LogP contribution is 2.41. The van der Waals surface area contributed by atoms with E-state index in [2.05, 4.69) is 39.1 Å². The molecule has 1 aliphatic rings. The number of halogens is 1. The smallest absolute Gasteiger partial charge is 0.0410 e. The zero-order valence-electron chi connectivity index (χ0n) is 13.3. The van der Waals surface area contributed by atoms with E-state index in [1.165, 1.54) is 43.4 Å². The zero-order chi connectivity index (χ0) is 14.8. The number of benzene rings is 1. The molecule has 1 nitrogen and oxygen atoms in total. The van der Waals surface area contributed by atoms with Gasteiger partial charge in [0.2, 0.25) is 0 Å². The number of aryl methyl sites for hydroxylation is 1. The first-order chi connectivity index (χ1) is 9.42. The van der Waals surface area contributed by atoms with Crippen molar-refractivity contribution in [3.63, 3.8) is 0 Å². The molecule has 20 heavy (non-hydrogen) atoms. The lowest BCUT2D eigenvalue weighted by Gasteiger charge is -2.39. The zero-order valence-corrected chi connectivity index (χ0v) is 14.1. The second kappa shape index (κ2) is 6.39. The van der Waals surface area contributed by atoms with Crippen molar-refractivity contribution in [2.45, 2.75) is 65.8 Å². The van der Waals surface area contributed by atoms with Crippen LogP contribution in [-0.2, 0) is 0 Å². The molecule has 0 unspecified atom stereocenters. The van der Waals surface area contributed by atoms with Gasteiger partial charge in [-0.25, -0.2) is 0 Å². The van der Waals surface area contributed by atoms with Gasteiger partial charge < -0.3 is 5.32 Å². The van der Waals surface area contributed by atoms with Crippen molar-refractivity contribution in [1.29, 1.82) is 0 Å². The third-order valence-electron chi connectivity index (χ3n) is 5.29. The average molecular weight is 294 g/mol. The number of hydrogen-bond acceptors (Lipinski definition) is 1. The Morgan fingerprint density at radius 2 is 1.85 bits per heavy atom. The fraction of sp³-hybridized carbons (Fsp3) is 0.667. The van der Waals surface area contributed by atoms with E-state index in [-0.39, 0.29) is 0 Å². The first-order valence-electron chi connectivity index (χ1n) is 7.95. The molecule has 0 aromatic heterocycles. The van der Waals surface area contributed by atoms with Crippen LogP contribution in [0.1, 0.15) is 58.4 Å². The van der Waals surface area contributed by atoms with Crippen LogP contribution in [0.3, 0.4) is 0 Å². The number of rotatable bonds is 4. The summed E-state index contributed by atoms with van der Waals surface area (Å²) >= 11 is 6.02. The molecule has 0 bridgehead atoms. The van der Waals surface area contributed by atoms with Crippen LogP contribution in [0.15, 0.2) is 18.2 Å². The van der Waals surface area contributed by atoms with E-state index < -0.39 is 0 Å². The van der Waals surface area contributed by atoms with E-state index >= 15 is 0 Å². The Balaban J connectivity index is 1.91. The fourth-order valence-electron chi connectivity index (χ4n) is 3.32. The molecule has 0 spiro atoms. The molecule has 0 aliphatic heterocycles. The average Bonchev–Trinajstić information content (AvgIpc) is 2.42. The maximum absolute atomic E-state index is 6.02. The van der Waals surface area contributed by atoms with Crippen molar-refractivity contribution in [2.75, 3.05) is 5.32 Å². The topological polar surface area (TPSA) is 12.0 Å². The van der Waals surface area contributed by atoms with Gasteiger partial charge in [0.1, 0.15) is 0 Å². The van der Waals surface area contributed by atoms with E-state index in [1.54, 1.807) is 0 Å². The van der Waals surface area contributed by atoms with Gasteiger partial charge in [0.25, 0.3) is 0 Å². The minimum Gasteiger partial charge on any atom is -0.382 e. The first-order valence-corrected chi connectivity index (χ1v) is 8.33. The lowest BCUT2D eigenvalue weighted by atomic mass is 9.69. The highest BCUT2D eigenvalue weighted by Gasteiger charge is 2.31. The van der Waals surface area contributed by atoms with Crippen molar-refractivity contribution in [2.24, 2.45) is 11.3 Å². The van der Waals surface area contributed by atoms with E-state index in [0.717, 1.165) is 10.9 Å². The molecule has 2 heteroatoms. The molecule has 0 heterocycles. The molecule has 112 valence electrons. The van der Waals surface area contributed by atoms with Gasteiger partial charge in [0.15, 0.2) is 0 Å². The number of nitrogens with one attached hydrogen (secondary N) is 1. The molecule has 1 fully saturated rings. The summed E-state index contributed by atoms with van der Waals surface area (Å²) in [5.74, 6) is 0.886. The highest BCUT2D eigenvalue weighted by atomic mass is 35.5. The minimum absolute atomic E-state index is 0.501. The molecule has 0 saturated heterocycles. The normalized spacial score (nSPS) is 23.6. The Morgan fingerprint density at radius 3 is 2.40 bits per heavy atom. The number of hydrogen-bond donors (Lipinski definition) is 1. The summed E-state index contributed by atoms with van der Waals surface area (Å²) in [5.41, 5.74) is 2.99. The highest BCUT2D eigenvalue weighted by molar-refractivity contribution is 6.30. The van der Waals surface area contributed by atoms with Crippen molar-refractivity contribution in [1.82, 2.24) is 0 Å². The summed E-state index contributed by atoms with van der Waals surface area (Å²) in [4.78, 5) is 0. The molecule has 1 aromatic rings. The van der Waals surface area contributed by atoms with Gasteiger partial charge in [-0.1, -0.05) is 38.8 Å². The summed E-state index contributed by atoms with van der Waals surface area (Å²) in [6.07, 6.45) is 6.56. The largest absolute Gasteiger partial charge is 0.382 e. The summed E-state index contributed by atoms with van der Waals surface area (Å²) < 4.78 is 0. The molecular weight excluding hydrogens is 266 g/mol. The Hall–Kier alpha value is -0.690. The van der Waals surface area contributed by atoms with Crippen LogP contribution in [0.25, 0.3) is 0 Å². The van der Waals surface area contributed by atoms with Gasteiger partial charge >= 0.3 is 0 Å². The predicted molar refractivity (Wildman–Crippen MR) is 89.6 cm³/mol. The van der Waals surface area contributed by atoms with Crippen molar-refractivity contribution < 1.29 is 0 Å². The lowest BCUT2D eigenvalue weighted by molar-refractivity contribution is 0.147. The second-order valence-electron chi connectivity index (χ2n) is 6.99. The molecule has 1 N–H and O–H groups in total. The molecule has 1 aromatic carbocycles. The van der Waals surface area contributed by atoms with Crippen LogP contribution >= 0.6 is 11.6 Å². The van der Waals surface area contributed by atoms with Crippen molar-refractivity contribution >= 4 is 17.3 Å². The predicted octanol–water partition coefficient (Wildman–Crippen LogP) is 6.06. The summed E-state index contributed by atoms with van der Waals surface area (Å²) in [6, 6.07) is 6.75. The van der Waals surface area contributed by atoms with Gasteiger partial charge in [0, 0.05) is 16.8 Å². The van der Waals surface area contributed by atoms with Gasteiger partial charge in [-0.15, -0.1) is 0 Å². The third kappa shape index (κ3) is 3.69. The fourth-order valence-corrected chi connectivity index (χ4v) is 3.54. The minimum atomic E-state index is 0.501. The van der Waals surface area contributed by atoms with Gasteiger partial charge in [-0.3, -0.25) is 0 Å². The molecule has 0 radical (unpaired) electrons. The van der Waals surface area contributed by atoms with Crippen molar-refractivity contribution in [3.8, 4) is 0 Å². The Labute approximate surface area is 129 Å². The van der Waals surface area contributed by atoms with Crippen LogP contribution < -0.4 is 5.32 Å². The van der Waals surface area contributed by atoms with E-state index in [0.29, 0.717) is 11.5 Å². The molecule has 2 rings (SSSR count). The molecule has 0 atom stereocenters. The maximum atomic E-state index is 6.02. The van der Waals surface area contributed by atoms with Crippen LogP contribution in [0.4, 0.5) is 5.69 Å². The summed E-state index contributed by atoms with van der Waals surface area (Å²) in [7, 11) is 0. The van der Waals surface area contributed by atoms with Crippen molar-refractivity contribution in [3.05, 3.63) is 28.8 Å². The van der Waals surface area contributed by atoms with Crippen LogP contribution in [-0.4, -0.2) is 6.04 Å². The Bertz CT molecular complexity index is 445. The Kier molecular flexibility index (Phi) is 5.01. The third-order valence-corrected chi connectivity index (χ3v) is 5.53. The summed E-state index contributed by atoms with van der Waals surface area (Å²) in [5, 5.41) is 4.53. The lowest BCUT2D eigenvalue weighted by Crippen LogP contribution is -2.32. The standard InChI is InChI=1S/C18H28ClN/c1-5-18(3,4)14-6-9-16(10-7-14)20-17-11-8-15(19)12-13(17)2/h8,11-12,14,16,20H,5-7,9-10H2,1-4H3. The quantitative estimate of drug-likeness (QED) is 0.712. The van der Waals surface area contributed by atoms with Gasteiger partial charge in [-0.05, 0) is 67.7 Å². The molecule has 1 aliphatic carbocycles. The van der Waals surface area contributed by atoms with Crippen LogP contribution in [0.5, 0.6) is 0 Å². The van der Waals surface area contributed by atoms with Crippen LogP contribution in [0.2, 0.25) is 5.02 Å². The van der Waals surface area contributed by atoms with Gasteiger partial charge in [-0.2, -0.15) is 0 Å². The maximum Gasteiger partial charge on any atom is 0.0410 e. The van der Waals surface area contributed by atoms with Crippen LogP contribution in [0, 0.1) is 18.3 Å². The first kappa shape index (κ1) is 15.7. The van der Waals surface area contributed by atoms with Gasteiger partial charge in [0.05, 0.1) is 0 Å². The van der Waals surface area contributed by atoms with E-state index in [1.807, 2.05) is 12.1 Å². The Morgan fingerprint density at radius 1 is 1.20 bits per heavy atom. The molecular formula is C18H28ClN.